The lowest BCUT2D eigenvalue weighted by molar-refractivity contribution is -0.107. The molecule has 0 bridgehead atoms. The lowest BCUT2D eigenvalue weighted by Gasteiger charge is -2.23. The Morgan fingerprint density at radius 3 is 2.65 bits per heavy atom. The topological polar surface area (TPSA) is 57.6 Å². The Morgan fingerprint density at radius 2 is 2.05 bits per heavy atom. The summed E-state index contributed by atoms with van der Waals surface area (Å²) in [5, 5.41) is 9.23. The Kier molecular flexibility index (Phi) is 7.80. The first-order valence-electron chi connectivity index (χ1n) is 6.69. The Bertz CT molecular complexity index is 411. The van der Waals surface area contributed by atoms with Crippen LogP contribution < -0.4 is 0 Å². The molecule has 1 aromatic rings. The molecule has 1 amide bonds. The second-order valence-corrected chi connectivity index (χ2v) is 5.83. The van der Waals surface area contributed by atoms with E-state index in [1.807, 2.05) is 37.3 Å². The first kappa shape index (κ1) is 16.6. The summed E-state index contributed by atoms with van der Waals surface area (Å²) in [6.07, 6.45) is 0.529. The highest BCUT2D eigenvalue weighted by Gasteiger charge is 2.16. The lowest BCUT2D eigenvalue weighted by atomic mass is 10.0. The van der Waals surface area contributed by atoms with Gasteiger partial charge in [0.1, 0.15) is 6.29 Å². The molecule has 110 valence electrons. The largest absolute Gasteiger partial charge is 0.465 e. The molecule has 0 saturated carbocycles. The van der Waals surface area contributed by atoms with Crippen LogP contribution in [0.4, 0.5) is 4.79 Å². The van der Waals surface area contributed by atoms with E-state index in [4.69, 9.17) is 0 Å². The van der Waals surface area contributed by atoms with E-state index < -0.39 is 6.09 Å². The Morgan fingerprint density at radius 1 is 1.35 bits per heavy atom. The van der Waals surface area contributed by atoms with Gasteiger partial charge < -0.3 is 14.8 Å². The van der Waals surface area contributed by atoms with Gasteiger partial charge in [0.25, 0.3) is 0 Å². The molecule has 1 N–H and O–H groups in total. The van der Waals surface area contributed by atoms with Crippen molar-refractivity contribution < 1.29 is 14.7 Å². The number of carbonyl (C=O) groups excluding carboxylic acids is 1. The second kappa shape index (κ2) is 9.42. The summed E-state index contributed by atoms with van der Waals surface area (Å²) in [6, 6.07) is 9.92. The van der Waals surface area contributed by atoms with Crippen LogP contribution in [0.1, 0.15) is 24.8 Å². The summed E-state index contributed by atoms with van der Waals surface area (Å²) in [5.41, 5.74) is 1.15. The number of hydrogen-bond donors (Lipinski definition) is 1. The van der Waals surface area contributed by atoms with Crippen LogP contribution in [0.25, 0.3) is 0 Å². The predicted octanol–water partition coefficient (Wildman–Crippen LogP) is 3.09. The molecular formula is C15H21NO3S. The van der Waals surface area contributed by atoms with Gasteiger partial charge in [-0.15, -0.1) is 0 Å². The summed E-state index contributed by atoms with van der Waals surface area (Å²) in [5.74, 6) is 1.65. The average Bonchev–Trinajstić information content (AvgIpc) is 2.46. The van der Waals surface area contributed by atoms with Gasteiger partial charge >= 0.3 is 6.09 Å². The van der Waals surface area contributed by atoms with Crippen molar-refractivity contribution in [3.05, 3.63) is 35.9 Å². The van der Waals surface area contributed by atoms with Crippen molar-refractivity contribution in [3.63, 3.8) is 0 Å². The van der Waals surface area contributed by atoms with Gasteiger partial charge in [0.15, 0.2) is 0 Å². The van der Waals surface area contributed by atoms with Crippen LogP contribution in [-0.2, 0) is 4.79 Å². The fourth-order valence-electron chi connectivity index (χ4n) is 1.89. The lowest BCUT2D eigenvalue weighted by Crippen LogP contribution is -2.34. The zero-order chi connectivity index (χ0) is 14.8. The highest BCUT2D eigenvalue weighted by atomic mass is 32.2. The molecule has 0 aliphatic rings. The van der Waals surface area contributed by atoms with Gasteiger partial charge in [-0.3, -0.25) is 0 Å². The van der Waals surface area contributed by atoms with Gasteiger partial charge in [0.05, 0.1) is 0 Å². The molecule has 20 heavy (non-hydrogen) atoms. The monoisotopic (exact) mass is 295 g/mol. The molecule has 0 heterocycles. The Balaban J connectivity index is 2.42. The van der Waals surface area contributed by atoms with Crippen molar-refractivity contribution in [2.75, 3.05) is 24.6 Å². The van der Waals surface area contributed by atoms with Crippen LogP contribution in [0.3, 0.4) is 0 Å². The van der Waals surface area contributed by atoms with Gasteiger partial charge in [0.2, 0.25) is 0 Å². The van der Waals surface area contributed by atoms with E-state index in [0.29, 0.717) is 19.5 Å². The van der Waals surface area contributed by atoms with Crippen molar-refractivity contribution in [3.8, 4) is 0 Å². The first-order valence-corrected chi connectivity index (χ1v) is 7.84. The van der Waals surface area contributed by atoms with Crippen molar-refractivity contribution >= 4 is 24.1 Å². The molecule has 0 saturated heterocycles. The third-order valence-electron chi connectivity index (χ3n) is 3.02. The number of hydrogen-bond acceptors (Lipinski definition) is 3. The summed E-state index contributed by atoms with van der Waals surface area (Å²) in [6.45, 7) is 3.02. The van der Waals surface area contributed by atoms with E-state index in [1.165, 1.54) is 4.90 Å². The number of carboxylic acid groups (broad SMARTS) is 1. The molecule has 1 aromatic carbocycles. The van der Waals surface area contributed by atoms with Crippen LogP contribution in [0.5, 0.6) is 0 Å². The van der Waals surface area contributed by atoms with E-state index in [2.05, 4.69) is 0 Å². The van der Waals surface area contributed by atoms with E-state index in [9.17, 15) is 14.7 Å². The molecule has 0 radical (unpaired) electrons. The number of nitrogens with zero attached hydrogens (tertiary/aromatic N) is 1. The third kappa shape index (κ3) is 6.10. The molecule has 0 aromatic heterocycles. The minimum atomic E-state index is -0.885. The normalized spacial score (nSPS) is 11.8. The predicted molar refractivity (Wildman–Crippen MR) is 82.5 cm³/mol. The zero-order valence-corrected chi connectivity index (χ0v) is 12.5. The van der Waals surface area contributed by atoms with Crippen LogP contribution in [0.15, 0.2) is 30.3 Å². The first-order chi connectivity index (χ1) is 9.65. The number of rotatable bonds is 9. The molecule has 5 heteroatoms. The minimum Gasteiger partial charge on any atom is -0.465 e. The summed E-state index contributed by atoms with van der Waals surface area (Å²) >= 11 is 1.61. The summed E-state index contributed by atoms with van der Waals surface area (Å²) in [7, 11) is 0. The molecule has 0 unspecified atom stereocenters. The molecule has 1 atom stereocenters. The maximum atomic E-state index is 11.2. The number of benzene rings is 1. The number of carbonyl (C=O) groups is 2. The van der Waals surface area contributed by atoms with Crippen LogP contribution in [0, 0.1) is 0 Å². The number of amides is 1. The van der Waals surface area contributed by atoms with E-state index in [0.717, 1.165) is 23.4 Å². The summed E-state index contributed by atoms with van der Waals surface area (Å²) in [4.78, 5) is 22.9. The fourth-order valence-corrected chi connectivity index (χ4v) is 2.71. The zero-order valence-electron chi connectivity index (χ0n) is 11.7. The maximum absolute atomic E-state index is 11.2. The maximum Gasteiger partial charge on any atom is 0.407 e. The van der Waals surface area contributed by atoms with E-state index in [1.54, 1.807) is 11.8 Å². The second-order valence-electron chi connectivity index (χ2n) is 4.61. The molecular weight excluding hydrogens is 274 g/mol. The number of aldehydes is 1. The molecule has 0 spiro atoms. The van der Waals surface area contributed by atoms with Gasteiger partial charge in [-0.1, -0.05) is 37.3 Å². The molecule has 0 aliphatic heterocycles. The van der Waals surface area contributed by atoms with Crippen LogP contribution >= 0.6 is 11.8 Å². The average molecular weight is 295 g/mol. The quantitative estimate of drug-likeness (QED) is 0.562. The highest BCUT2D eigenvalue weighted by molar-refractivity contribution is 7.99. The van der Waals surface area contributed by atoms with Crippen molar-refractivity contribution in [1.29, 1.82) is 0 Å². The van der Waals surface area contributed by atoms with Gasteiger partial charge in [-0.25, -0.2) is 4.79 Å². The molecule has 1 rings (SSSR count). The number of thioether (sulfide) groups is 1. The highest BCUT2D eigenvalue weighted by Crippen LogP contribution is 2.16. The minimum absolute atomic E-state index is 0.173. The van der Waals surface area contributed by atoms with Crippen molar-refractivity contribution in [2.24, 2.45) is 0 Å². The Hall–Kier alpha value is -1.49. The van der Waals surface area contributed by atoms with E-state index in [-0.39, 0.29) is 5.92 Å². The van der Waals surface area contributed by atoms with Gasteiger partial charge in [-0.05, 0) is 17.2 Å². The molecule has 4 nitrogen and oxygen atoms in total. The molecule has 0 fully saturated rings. The van der Waals surface area contributed by atoms with Gasteiger partial charge in [-0.2, -0.15) is 11.8 Å². The van der Waals surface area contributed by atoms with Crippen LogP contribution in [0.2, 0.25) is 0 Å². The SMILES string of the molecule is C[C@H](CN(CCSCCC=O)C(=O)O)c1ccccc1. The van der Waals surface area contributed by atoms with Crippen molar-refractivity contribution in [2.45, 2.75) is 19.3 Å². The molecule has 0 aliphatic carbocycles. The Labute approximate surface area is 124 Å². The smallest absolute Gasteiger partial charge is 0.407 e. The standard InChI is InChI=1S/C15H21NO3S/c1-13(14-6-3-2-4-7-14)12-16(15(18)19)8-11-20-10-5-9-17/h2-4,6-7,9,13H,5,8,10-12H2,1H3,(H,18,19)/t13-/m1/s1. The van der Waals surface area contributed by atoms with Crippen LogP contribution in [-0.4, -0.2) is 47.0 Å². The fraction of sp³-hybridized carbons (Fsp3) is 0.467. The van der Waals surface area contributed by atoms with Gasteiger partial charge in [0, 0.05) is 25.3 Å². The van der Waals surface area contributed by atoms with E-state index >= 15 is 0 Å². The van der Waals surface area contributed by atoms with Crippen molar-refractivity contribution in [1.82, 2.24) is 4.90 Å². The summed E-state index contributed by atoms with van der Waals surface area (Å²) < 4.78 is 0. The third-order valence-corrected chi connectivity index (χ3v) is 4.01.